The van der Waals surface area contributed by atoms with Crippen molar-refractivity contribution in [2.75, 3.05) is 5.73 Å². The molecule has 0 unspecified atom stereocenters. The van der Waals surface area contributed by atoms with Crippen molar-refractivity contribution in [2.24, 2.45) is 0 Å². The lowest BCUT2D eigenvalue weighted by atomic mass is 10.2. The molecule has 0 aromatic heterocycles. The van der Waals surface area contributed by atoms with Crippen LogP contribution in [0.4, 0.5) is 14.5 Å². The van der Waals surface area contributed by atoms with E-state index in [2.05, 4.69) is 0 Å². The van der Waals surface area contributed by atoms with Gasteiger partial charge in [0, 0.05) is 12.1 Å². The fourth-order valence-corrected chi connectivity index (χ4v) is 1.58. The molecule has 0 amide bonds. The molecule has 96 valence electrons. The normalized spacial score (nSPS) is 10.0. The van der Waals surface area contributed by atoms with Crippen molar-refractivity contribution in [1.82, 2.24) is 0 Å². The van der Waals surface area contributed by atoms with E-state index in [1.165, 1.54) is 18.2 Å². The van der Waals surface area contributed by atoms with Crippen molar-refractivity contribution >= 4 is 17.3 Å². The highest BCUT2D eigenvalue weighted by atomic mass is 35.5. The summed E-state index contributed by atoms with van der Waals surface area (Å²) in [4.78, 5) is 0. The SMILES string of the molecule is N#Cc1ccc(Oc2cc(F)c(Cl)cc2N)cc1F. The summed E-state index contributed by atoms with van der Waals surface area (Å²) in [7, 11) is 0. The monoisotopic (exact) mass is 280 g/mol. The lowest BCUT2D eigenvalue weighted by Gasteiger charge is -2.09. The van der Waals surface area contributed by atoms with Gasteiger partial charge >= 0.3 is 0 Å². The molecule has 0 fully saturated rings. The fraction of sp³-hybridized carbons (Fsp3) is 0. The molecule has 2 aromatic carbocycles. The summed E-state index contributed by atoms with van der Waals surface area (Å²) in [6.07, 6.45) is 0. The number of hydrogen-bond acceptors (Lipinski definition) is 3. The maximum absolute atomic E-state index is 13.4. The van der Waals surface area contributed by atoms with Crippen LogP contribution in [-0.2, 0) is 0 Å². The highest BCUT2D eigenvalue weighted by molar-refractivity contribution is 6.31. The summed E-state index contributed by atoms with van der Waals surface area (Å²) >= 11 is 5.55. The third-order valence-electron chi connectivity index (χ3n) is 2.34. The Bertz CT molecular complexity index is 683. The lowest BCUT2D eigenvalue weighted by molar-refractivity contribution is 0.473. The zero-order valence-electron chi connectivity index (χ0n) is 9.45. The second-order valence-electron chi connectivity index (χ2n) is 3.66. The Morgan fingerprint density at radius 2 is 1.89 bits per heavy atom. The van der Waals surface area contributed by atoms with Crippen molar-refractivity contribution in [3.63, 3.8) is 0 Å². The zero-order chi connectivity index (χ0) is 14.0. The van der Waals surface area contributed by atoms with E-state index in [0.717, 1.165) is 12.1 Å². The van der Waals surface area contributed by atoms with Crippen LogP contribution in [0.25, 0.3) is 0 Å². The van der Waals surface area contributed by atoms with Gasteiger partial charge in [-0.25, -0.2) is 8.78 Å². The Kier molecular flexibility index (Phi) is 3.54. The van der Waals surface area contributed by atoms with Gasteiger partial charge < -0.3 is 10.5 Å². The number of anilines is 1. The van der Waals surface area contributed by atoms with Gasteiger partial charge in [-0.15, -0.1) is 0 Å². The molecule has 0 spiro atoms. The Morgan fingerprint density at radius 1 is 1.16 bits per heavy atom. The highest BCUT2D eigenvalue weighted by Gasteiger charge is 2.10. The van der Waals surface area contributed by atoms with Crippen molar-refractivity contribution in [3.8, 4) is 17.6 Å². The predicted molar refractivity (Wildman–Crippen MR) is 67.0 cm³/mol. The smallest absolute Gasteiger partial charge is 0.153 e. The number of nitriles is 1. The summed E-state index contributed by atoms with van der Waals surface area (Å²) < 4.78 is 31.9. The van der Waals surface area contributed by atoms with Gasteiger partial charge in [0.2, 0.25) is 0 Å². The first-order valence-corrected chi connectivity index (χ1v) is 5.51. The summed E-state index contributed by atoms with van der Waals surface area (Å²) in [5.41, 5.74) is 5.62. The van der Waals surface area contributed by atoms with Gasteiger partial charge in [-0.3, -0.25) is 0 Å². The minimum atomic E-state index is -0.729. The molecular formula is C13H7ClF2N2O. The number of rotatable bonds is 2. The van der Waals surface area contributed by atoms with Gasteiger partial charge in [0.15, 0.2) is 5.75 Å². The first-order chi connectivity index (χ1) is 9.01. The third kappa shape index (κ3) is 2.75. The average Bonchev–Trinajstić information content (AvgIpc) is 2.36. The Labute approximate surface area is 112 Å². The van der Waals surface area contributed by atoms with Gasteiger partial charge in [-0.2, -0.15) is 5.26 Å². The van der Waals surface area contributed by atoms with E-state index in [9.17, 15) is 8.78 Å². The maximum atomic E-state index is 13.4. The van der Waals surface area contributed by atoms with E-state index in [1.54, 1.807) is 6.07 Å². The fourth-order valence-electron chi connectivity index (χ4n) is 1.41. The van der Waals surface area contributed by atoms with Crippen LogP contribution < -0.4 is 10.5 Å². The number of nitrogens with zero attached hydrogens (tertiary/aromatic N) is 1. The first kappa shape index (κ1) is 13.1. The Morgan fingerprint density at radius 3 is 2.53 bits per heavy atom. The molecule has 19 heavy (non-hydrogen) atoms. The molecule has 0 saturated carbocycles. The van der Waals surface area contributed by atoms with E-state index < -0.39 is 11.6 Å². The average molecular weight is 281 g/mol. The largest absolute Gasteiger partial charge is 0.455 e. The maximum Gasteiger partial charge on any atom is 0.153 e. The molecule has 0 aliphatic heterocycles. The second kappa shape index (κ2) is 5.12. The number of benzene rings is 2. The molecule has 0 heterocycles. The highest BCUT2D eigenvalue weighted by Crippen LogP contribution is 2.32. The van der Waals surface area contributed by atoms with Crippen LogP contribution in [0.2, 0.25) is 5.02 Å². The molecular weight excluding hydrogens is 274 g/mol. The zero-order valence-corrected chi connectivity index (χ0v) is 10.2. The van der Waals surface area contributed by atoms with Crippen LogP contribution in [0, 0.1) is 23.0 Å². The van der Waals surface area contributed by atoms with Crippen molar-refractivity contribution in [1.29, 1.82) is 5.26 Å². The summed E-state index contributed by atoms with van der Waals surface area (Å²) in [5.74, 6) is -1.30. The molecule has 0 radical (unpaired) electrons. The number of halogens is 3. The van der Waals surface area contributed by atoms with Crippen LogP contribution >= 0.6 is 11.6 Å². The predicted octanol–water partition coefficient (Wildman–Crippen LogP) is 3.86. The van der Waals surface area contributed by atoms with Gasteiger partial charge in [-0.05, 0) is 18.2 Å². The molecule has 2 rings (SSSR count). The van der Waals surface area contributed by atoms with Gasteiger partial charge in [-0.1, -0.05) is 11.6 Å². The van der Waals surface area contributed by atoms with E-state index in [4.69, 9.17) is 27.3 Å². The van der Waals surface area contributed by atoms with Crippen LogP contribution in [0.1, 0.15) is 5.56 Å². The van der Waals surface area contributed by atoms with Gasteiger partial charge in [0.1, 0.15) is 23.5 Å². The van der Waals surface area contributed by atoms with Crippen LogP contribution in [0.5, 0.6) is 11.5 Å². The number of ether oxygens (including phenoxy) is 1. The van der Waals surface area contributed by atoms with Crippen LogP contribution in [-0.4, -0.2) is 0 Å². The molecule has 0 atom stereocenters. The lowest BCUT2D eigenvalue weighted by Crippen LogP contribution is -1.95. The van der Waals surface area contributed by atoms with E-state index >= 15 is 0 Å². The summed E-state index contributed by atoms with van der Waals surface area (Å²) in [6, 6.07) is 7.55. The molecule has 0 saturated heterocycles. The van der Waals surface area contributed by atoms with Crippen molar-refractivity contribution in [3.05, 3.63) is 52.6 Å². The van der Waals surface area contributed by atoms with Crippen molar-refractivity contribution < 1.29 is 13.5 Å². The summed E-state index contributed by atoms with van der Waals surface area (Å²) in [5, 5.41) is 8.47. The minimum absolute atomic E-state index is 0.0195. The van der Waals surface area contributed by atoms with Crippen molar-refractivity contribution in [2.45, 2.75) is 0 Å². The van der Waals surface area contributed by atoms with Crippen LogP contribution in [0.15, 0.2) is 30.3 Å². The second-order valence-corrected chi connectivity index (χ2v) is 4.07. The van der Waals surface area contributed by atoms with E-state index in [0.29, 0.717) is 0 Å². The molecule has 2 aromatic rings. The standard InChI is InChI=1S/C13H7ClF2N2O/c14-9-4-12(18)13(5-11(9)16)19-8-2-1-7(6-17)10(15)3-8/h1-5H,18H2. The quantitative estimate of drug-likeness (QED) is 0.850. The first-order valence-electron chi connectivity index (χ1n) is 5.13. The topological polar surface area (TPSA) is 59.0 Å². The molecule has 0 aliphatic carbocycles. The molecule has 0 aliphatic rings. The van der Waals surface area contributed by atoms with Gasteiger partial charge in [0.05, 0.1) is 16.3 Å². The molecule has 0 bridgehead atoms. The number of hydrogen-bond donors (Lipinski definition) is 1. The molecule has 3 nitrogen and oxygen atoms in total. The molecule has 6 heteroatoms. The third-order valence-corrected chi connectivity index (χ3v) is 2.63. The minimum Gasteiger partial charge on any atom is -0.455 e. The van der Waals surface area contributed by atoms with E-state index in [1.807, 2.05) is 0 Å². The van der Waals surface area contributed by atoms with Crippen LogP contribution in [0.3, 0.4) is 0 Å². The number of nitrogen functional groups attached to an aromatic ring is 1. The Hall–Kier alpha value is -2.32. The number of nitrogens with two attached hydrogens (primary N) is 1. The molecule has 2 N–H and O–H groups in total. The Balaban J connectivity index is 2.34. The summed E-state index contributed by atoms with van der Waals surface area (Å²) in [6.45, 7) is 0. The van der Waals surface area contributed by atoms with Gasteiger partial charge in [0.25, 0.3) is 0 Å². The van der Waals surface area contributed by atoms with E-state index in [-0.39, 0.29) is 27.8 Å².